The first kappa shape index (κ1) is 14.9. The number of rotatable bonds is 3. The van der Waals surface area contributed by atoms with Crippen molar-refractivity contribution < 1.29 is 4.74 Å². The third kappa shape index (κ3) is 3.09. The number of benzene rings is 1. The highest BCUT2D eigenvalue weighted by molar-refractivity contribution is 5.45. The third-order valence-corrected chi connectivity index (χ3v) is 5.18. The topological polar surface area (TPSA) is 38.5 Å². The molecule has 2 aliphatic heterocycles. The van der Waals surface area contributed by atoms with Crippen LogP contribution in [0.1, 0.15) is 42.4 Å². The first-order chi connectivity index (χ1) is 10.1. The zero-order chi connectivity index (χ0) is 14.9. The van der Waals surface area contributed by atoms with E-state index < -0.39 is 0 Å². The highest BCUT2D eigenvalue weighted by Gasteiger charge is 2.39. The van der Waals surface area contributed by atoms with Crippen LogP contribution in [0.5, 0.6) is 5.75 Å². The van der Waals surface area contributed by atoms with Crippen LogP contribution in [0, 0.1) is 13.8 Å². The van der Waals surface area contributed by atoms with Crippen molar-refractivity contribution in [3.05, 3.63) is 28.8 Å². The molecule has 116 valence electrons. The van der Waals surface area contributed by atoms with Crippen LogP contribution in [-0.2, 0) is 6.42 Å². The van der Waals surface area contributed by atoms with E-state index in [1.165, 1.54) is 29.5 Å². The van der Waals surface area contributed by atoms with Gasteiger partial charge in [-0.1, -0.05) is 6.07 Å². The highest BCUT2D eigenvalue weighted by atomic mass is 16.5. The lowest BCUT2D eigenvalue weighted by Crippen LogP contribution is -2.50. The summed E-state index contributed by atoms with van der Waals surface area (Å²) in [5.74, 6) is 1.15. The van der Waals surface area contributed by atoms with Gasteiger partial charge in [-0.15, -0.1) is 0 Å². The van der Waals surface area contributed by atoms with Crippen molar-refractivity contribution in [3.8, 4) is 5.75 Å². The molecule has 3 rings (SSSR count). The molecule has 2 aliphatic rings. The minimum atomic E-state index is 0.0897. The predicted molar refractivity (Wildman–Crippen MR) is 86.9 cm³/mol. The van der Waals surface area contributed by atoms with Gasteiger partial charge in [0.2, 0.25) is 0 Å². The lowest BCUT2D eigenvalue weighted by atomic mass is 9.82. The second-order valence-electron chi connectivity index (χ2n) is 6.83. The molecule has 1 spiro atoms. The Morgan fingerprint density at radius 2 is 1.95 bits per heavy atom. The Balaban J connectivity index is 1.69. The van der Waals surface area contributed by atoms with Crippen molar-refractivity contribution in [2.75, 3.05) is 26.2 Å². The minimum absolute atomic E-state index is 0.0897. The molecule has 21 heavy (non-hydrogen) atoms. The summed E-state index contributed by atoms with van der Waals surface area (Å²) < 4.78 is 6.52. The zero-order valence-electron chi connectivity index (χ0n) is 13.5. The summed E-state index contributed by atoms with van der Waals surface area (Å²) >= 11 is 0. The summed E-state index contributed by atoms with van der Waals surface area (Å²) in [6.45, 7) is 8.61. The predicted octanol–water partition coefficient (Wildman–Crippen LogP) is 2.81. The van der Waals surface area contributed by atoms with E-state index in [1.807, 2.05) is 0 Å². The van der Waals surface area contributed by atoms with Gasteiger partial charge in [-0.2, -0.15) is 0 Å². The van der Waals surface area contributed by atoms with Crippen LogP contribution < -0.4 is 10.5 Å². The molecule has 3 heteroatoms. The van der Waals surface area contributed by atoms with Gasteiger partial charge >= 0.3 is 0 Å². The molecule has 0 aliphatic carbocycles. The molecule has 0 radical (unpaired) electrons. The number of hydrogen-bond donors (Lipinski definition) is 1. The maximum Gasteiger partial charge on any atom is 0.123 e. The Kier molecular flexibility index (Phi) is 4.23. The molecule has 0 saturated carbocycles. The number of nitrogens with zero attached hydrogens (tertiary/aromatic N) is 1. The fourth-order valence-electron chi connectivity index (χ4n) is 3.86. The van der Waals surface area contributed by atoms with Gasteiger partial charge in [-0.25, -0.2) is 0 Å². The van der Waals surface area contributed by atoms with Crippen LogP contribution in [0.25, 0.3) is 0 Å². The average Bonchev–Trinajstić information content (AvgIpc) is 2.46. The maximum atomic E-state index is 6.52. The van der Waals surface area contributed by atoms with Gasteiger partial charge in [0.1, 0.15) is 11.4 Å². The highest BCUT2D eigenvalue weighted by Crippen LogP contribution is 2.40. The van der Waals surface area contributed by atoms with Crippen LogP contribution in [-0.4, -0.2) is 36.7 Å². The molecule has 0 bridgehead atoms. The van der Waals surface area contributed by atoms with Crippen molar-refractivity contribution in [3.63, 3.8) is 0 Å². The van der Waals surface area contributed by atoms with Crippen LogP contribution >= 0.6 is 0 Å². The van der Waals surface area contributed by atoms with E-state index in [1.54, 1.807) is 0 Å². The molecule has 2 N–H and O–H groups in total. The van der Waals surface area contributed by atoms with E-state index in [0.717, 1.165) is 51.2 Å². The molecule has 1 fully saturated rings. The average molecular weight is 288 g/mol. The number of ether oxygens (including phenoxy) is 1. The van der Waals surface area contributed by atoms with E-state index in [2.05, 4.69) is 30.9 Å². The summed E-state index contributed by atoms with van der Waals surface area (Å²) in [4.78, 5) is 2.54. The lowest BCUT2D eigenvalue weighted by Gasteiger charge is -2.45. The number of likely N-dealkylation sites (tertiary alicyclic amines) is 1. The quantitative estimate of drug-likeness (QED) is 0.929. The number of nitrogens with two attached hydrogens (primary N) is 1. The number of aryl methyl sites for hydroxylation is 2. The molecule has 0 amide bonds. The molecule has 1 aromatic carbocycles. The molecule has 0 atom stereocenters. The summed E-state index contributed by atoms with van der Waals surface area (Å²) in [5.41, 5.74) is 9.83. The third-order valence-electron chi connectivity index (χ3n) is 5.18. The van der Waals surface area contributed by atoms with Crippen molar-refractivity contribution in [2.45, 2.75) is 51.6 Å². The Labute approximate surface area is 128 Å². The van der Waals surface area contributed by atoms with Gasteiger partial charge in [-0.05, 0) is 81.8 Å². The normalized spacial score (nSPS) is 21.1. The van der Waals surface area contributed by atoms with Gasteiger partial charge in [-0.3, -0.25) is 0 Å². The summed E-state index contributed by atoms with van der Waals surface area (Å²) in [5, 5.41) is 0. The first-order valence-electron chi connectivity index (χ1n) is 8.33. The van der Waals surface area contributed by atoms with Crippen molar-refractivity contribution >= 4 is 0 Å². The number of piperidine rings is 1. The second kappa shape index (κ2) is 5.98. The summed E-state index contributed by atoms with van der Waals surface area (Å²) in [7, 11) is 0. The molecule has 1 saturated heterocycles. The van der Waals surface area contributed by atoms with E-state index in [0.29, 0.717) is 0 Å². The van der Waals surface area contributed by atoms with Crippen LogP contribution in [0.4, 0.5) is 0 Å². The molecular weight excluding hydrogens is 260 g/mol. The minimum Gasteiger partial charge on any atom is -0.487 e. The Morgan fingerprint density at radius 3 is 2.67 bits per heavy atom. The van der Waals surface area contributed by atoms with Gasteiger partial charge in [0.25, 0.3) is 0 Å². The standard InChI is InChI=1S/C18H28N2O/c1-14-12-15(2)16-4-5-18(21-17(16)13-14)6-10-20(11-7-18)9-3-8-19/h12-13H,3-11,19H2,1-2H3. The number of hydrogen-bond acceptors (Lipinski definition) is 3. The molecular formula is C18H28N2O. The molecule has 2 heterocycles. The smallest absolute Gasteiger partial charge is 0.123 e. The van der Waals surface area contributed by atoms with E-state index in [9.17, 15) is 0 Å². The van der Waals surface area contributed by atoms with Crippen molar-refractivity contribution in [2.24, 2.45) is 5.73 Å². The van der Waals surface area contributed by atoms with Gasteiger partial charge in [0, 0.05) is 13.1 Å². The van der Waals surface area contributed by atoms with Crippen molar-refractivity contribution in [1.29, 1.82) is 0 Å². The second-order valence-corrected chi connectivity index (χ2v) is 6.83. The first-order valence-corrected chi connectivity index (χ1v) is 8.33. The van der Waals surface area contributed by atoms with E-state index >= 15 is 0 Å². The van der Waals surface area contributed by atoms with Gasteiger partial charge in [0.15, 0.2) is 0 Å². The van der Waals surface area contributed by atoms with Crippen LogP contribution in [0.3, 0.4) is 0 Å². The van der Waals surface area contributed by atoms with E-state index in [4.69, 9.17) is 10.5 Å². The monoisotopic (exact) mass is 288 g/mol. The van der Waals surface area contributed by atoms with E-state index in [-0.39, 0.29) is 5.60 Å². The van der Waals surface area contributed by atoms with Crippen LogP contribution in [0.15, 0.2) is 12.1 Å². The molecule has 0 aromatic heterocycles. The SMILES string of the molecule is Cc1cc(C)c2c(c1)OC1(CC2)CCN(CCCN)CC1. The Bertz CT molecular complexity index is 504. The summed E-state index contributed by atoms with van der Waals surface area (Å²) in [6.07, 6.45) is 5.77. The lowest BCUT2D eigenvalue weighted by molar-refractivity contribution is -0.0146. The molecule has 3 nitrogen and oxygen atoms in total. The summed E-state index contributed by atoms with van der Waals surface area (Å²) in [6, 6.07) is 4.50. The fraction of sp³-hybridized carbons (Fsp3) is 0.667. The van der Waals surface area contributed by atoms with Gasteiger partial charge < -0.3 is 15.4 Å². The Morgan fingerprint density at radius 1 is 1.19 bits per heavy atom. The maximum absolute atomic E-state index is 6.52. The van der Waals surface area contributed by atoms with Crippen LogP contribution in [0.2, 0.25) is 0 Å². The molecule has 0 unspecified atom stereocenters. The van der Waals surface area contributed by atoms with Crippen molar-refractivity contribution in [1.82, 2.24) is 4.90 Å². The Hall–Kier alpha value is -1.06. The zero-order valence-corrected chi connectivity index (χ0v) is 13.5. The number of fused-ring (bicyclic) bond motifs is 1. The largest absolute Gasteiger partial charge is 0.487 e. The fourth-order valence-corrected chi connectivity index (χ4v) is 3.86. The van der Waals surface area contributed by atoms with Gasteiger partial charge in [0.05, 0.1) is 0 Å². The molecule has 1 aromatic rings.